The first-order valence-corrected chi connectivity index (χ1v) is 6.48. The van der Waals surface area contributed by atoms with Crippen molar-refractivity contribution in [1.29, 1.82) is 0 Å². The fraction of sp³-hybridized carbons (Fsp3) is 0.714. The molecule has 0 aromatic heterocycles. The first-order valence-electron chi connectivity index (χ1n) is 6.48. The molecule has 0 saturated carbocycles. The van der Waals surface area contributed by atoms with Gasteiger partial charge in [0.2, 0.25) is 0 Å². The molecule has 102 valence electrons. The number of ketones is 1. The third kappa shape index (κ3) is 5.34. The van der Waals surface area contributed by atoms with Gasteiger partial charge in [-0.2, -0.15) is 0 Å². The number of Topliss-reactive ketones (excluding diaryl/α,β-unsaturated/α-hetero) is 1. The molecule has 0 saturated heterocycles. The summed E-state index contributed by atoms with van der Waals surface area (Å²) in [6, 6.07) is -0.499. The summed E-state index contributed by atoms with van der Waals surface area (Å²) in [4.78, 5) is 23.4. The van der Waals surface area contributed by atoms with Crippen molar-refractivity contribution in [3.05, 3.63) is 11.6 Å². The van der Waals surface area contributed by atoms with Crippen molar-refractivity contribution in [2.75, 3.05) is 0 Å². The molecule has 0 aromatic carbocycles. The lowest BCUT2D eigenvalue weighted by atomic mass is 10.0. The maximum Gasteiger partial charge on any atom is 0.408 e. The van der Waals surface area contributed by atoms with Gasteiger partial charge in [-0.25, -0.2) is 4.79 Å². The largest absolute Gasteiger partial charge is 0.444 e. The highest BCUT2D eigenvalue weighted by Gasteiger charge is 2.21. The minimum absolute atomic E-state index is 0.0361. The Balaban J connectivity index is 2.37. The van der Waals surface area contributed by atoms with Crippen LogP contribution < -0.4 is 5.32 Å². The monoisotopic (exact) mass is 253 g/mol. The summed E-state index contributed by atoms with van der Waals surface area (Å²) in [6.45, 7) is 7.08. The Kier molecular flexibility index (Phi) is 4.93. The SMILES string of the molecule is CC(NC(=O)OC(C)(C)C)C(=O)CC1=CCCC1. The Hall–Kier alpha value is -1.32. The van der Waals surface area contributed by atoms with Crippen LogP contribution in [0.3, 0.4) is 0 Å². The van der Waals surface area contributed by atoms with Crippen LogP contribution in [-0.4, -0.2) is 23.5 Å². The minimum atomic E-state index is -0.541. The van der Waals surface area contributed by atoms with Crippen LogP contribution in [0.25, 0.3) is 0 Å². The van der Waals surface area contributed by atoms with E-state index in [2.05, 4.69) is 11.4 Å². The molecule has 0 bridgehead atoms. The maximum absolute atomic E-state index is 11.9. The molecule has 1 aliphatic rings. The molecule has 0 spiro atoms. The number of hydrogen-bond acceptors (Lipinski definition) is 3. The highest BCUT2D eigenvalue weighted by atomic mass is 16.6. The summed E-state index contributed by atoms with van der Waals surface area (Å²) in [5.74, 6) is 0.0361. The number of allylic oxidation sites excluding steroid dienone is 2. The average Bonchev–Trinajstić information content (AvgIpc) is 2.66. The maximum atomic E-state index is 11.9. The Morgan fingerprint density at radius 2 is 2.11 bits per heavy atom. The van der Waals surface area contributed by atoms with Gasteiger partial charge in [0.25, 0.3) is 0 Å². The zero-order valence-corrected chi connectivity index (χ0v) is 11.7. The number of nitrogens with one attached hydrogen (secondary N) is 1. The molecular weight excluding hydrogens is 230 g/mol. The lowest BCUT2D eigenvalue weighted by Crippen LogP contribution is -2.41. The average molecular weight is 253 g/mol. The van der Waals surface area contributed by atoms with Crippen molar-refractivity contribution in [2.45, 2.75) is 65.0 Å². The van der Waals surface area contributed by atoms with E-state index in [0.29, 0.717) is 6.42 Å². The lowest BCUT2D eigenvalue weighted by molar-refractivity contribution is -0.120. The summed E-state index contributed by atoms with van der Waals surface area (Å²) < 4.78 is 5.11. The van der Waals surface area contributed by atoms with Gasteiger partial charge >= 0.3 is 6.09 Å². The van der Waals surface area contributed by atoms with Gasteiger partial charge in [-0.05, 0) is 47.0 Å². The van der Waals surface area contributed by atoms with Crippen molar-refractivity contribution in [1.82, 2.24) is 5.32 Å². The number of alkyl carbamates (subject to hydrolysis) is 1. The summed E-state index contributed by atoms with van der Waals surface area (Å²) in [5, 5.41) is 2.57. The molecule has 4 nitrogen and oxygen atoms in total. The molecule has 0 fully saturated rings. The van der Waals surface area contributed by atoms with E-state index in [1.54, 1.807) is 27.7 Å². The van der Waals surface area contributed by atoms with E-state index in [0.717, 1.165) is 19.3 Å². The smallest absolute Gasteiger partial charge is 0.408 e. The van der Waals surface area contributed by atoms with E-state index in [1.165, 1.54) is 5.57 Å². The molecule has 1 N–H and O–H groups in total. The second-order valence-corrected chi connectivity index (χ2v) is 5.77. The molecule has 0 heterocycles. The lowest BCUT2D eigenvalue weighted by Gasteiger charge is -2.21. The molecule has 1 amide bonds. The fourth-order valence-electron chi connectivity index (χ4n) is 1.84. The summed E-state index contributed by atoms with van der Waals surface area (Å²) in [5.41, 5.74) is 0.652. The molecule has 4 heteroatoms. The topological polar surface area (TPSA) is 55.4 Å². The van der Waals surface area contributed by atoms with Gasteiger partial charge in [0, 0.05) is 6.42 Å². The summed E-state index contributed by atoms with van der Waals surface area (Å²) in [6.07, 6.45) is 5.23. The molecule has 1 rings (SSSR count). The van der Waals surface area contributed by atoms with Crippen molar-refractivity contribution >= 4 is 11.9 Å². The first kappa shape index (κ1) is 14.7. The molecule has 1 atom stereocenters. The third-order valence-corrected chi connectivity index (χ3v) is 2.75. The number of ether oxygens (including phenoxy) is 1. The predicted molar refractivity (Wildman–Crippen MR) is 70.4 cm³/mol. The van der Waals surface area contributed by atoms with Gasteiger partial charge in [-0.15, -0.1) is 0 Å². The van der Waals surface area contributed by atoms with Crippen LogP contribution >= 0.6 is 0 Å². The molecule has 0 radical (unpaired) electrons. The van der Waals surface area contributed by atoms with Gasteiger partial charge in [-0.1, -0.05) is 11.6 Å². The van der Waals surface area contributed by atoms with Gasteiger partial charge < -0.3 is 10.1 Å². The number of carbonyl (C=O) groups excluding carboxylic acids is 2. The third-order valence-electron chi connectivity index (χ3n) is 2.75. The predicted octanol–water partition coefficient (Wildman–Crippen LogP) is 2.97. The van der Waals surface area contributed by atoms with Crippen LogP contribution in [0, 0.1) is 0 Å². The van der Waals surface area contributed by atoms with Gasteiger partial charge in [0.15, 0.2) is 5.78 Å². The second-order valence-electron chi connectivity index (χ2n) is 5.77. The summed E-state index contributed by atoms with van der Waals surface area (Å²) >= 11 is 0. The van der Waals surface area contributed by atoms with Crippen LogP contribution in [0.4, 0.5) is 4.79 Å². The van der Waals surface area contributed by atoms with E-state index >= 15 is 0 Å². The van der Waals surface area contributed by atoms with Crippen molar-refractivity contribution in [3.63, 3.8) is 0 Å². The van der Waals surface area contributed by atoms with E-state index in [-0.39, 0.29) is 5.78 Å². The molecule has 0 aliphatic heterocycles. The fourth-order valence-corrected chi connectivity index (χ4v) is 1.84. The standard InChI is InChI=1S/C14H23NO3/c1-10(15-13(17)18-14(2,3)4)12(16)9-11-7-5-6-8-11/h7,10H,5-6,8-9H2,1-4H3,(H,15,17). The number of carbonyl (C=O) groups is 2. The minimum Gasteiger partial charge on any atom is -0.444 e. The molecule has 0 aromatic rings. The van der Waals surface area contributed by atoms with E-state index < -0.39 is 17.7 Å². The van der Waals surface area contributed by atoms with Crippen LogP contribution in [-0.2, 0) is 9.53 Å². The van der Waals surface area contributed by atoms with Gasteiger partial charge in [0.1, 0.15) is 5.60 Å². The van der Waals surface area contributed by atoms with E-state index in [4.69, 9.17) is 4.74 Å². The Morgan fingerprint density at radius 1 is 1.44 bits per heavy atom. The molecule has 18 heavy (non-hydrogen) atoms. The zero-order valence-electron chi connectivity index (χ0n) is 11.7. The summed E-state index contributed by atoms with van der Waals surface area (Å²) in [7, 11) is 0. The van der Waals surface area contributed by atoms with Crippen LogP contribution in [0.2, 0.25) is 0 Å². The van der Waals surface area contributed by atoms with Crippen LogP contribution in [0.1, 0.15) is 53.4 Å². The van der Waals surface area contributed by atoms with E-state index in [9.17, 15) is 9.59 Å². The van der Waals surface area contributed by atoms with Crippen molar-refractivity contribution in [2.24, 2.45) is 0 Å². The second kappa shape index (κ2) is 6.03. The number of amides is 1. The molecular formula is C14H23NO3. The quantitative estimate of drug-likeness (QED) is 0.784. The zero-order chi connectivity index (χ0) is 13.8. The Labute approximate surface area is 109 Å². The van der Waals surface area contributed by atoms with Crippen LogP contribution in [0.15, 0.2) is 11.6 Å². The Morgan fingerprint density at radius 3 is 2.61 bits per heavy atom. The highest BCUT2D eigenvalue weighted by molar-refractivity contribution is 5.88. The number of hydrogen-bond donors (Lipinski definition) is 1. The molecule has 1 aliphatic carbocycles. The van der Waals surface area contributed by atoms with Gasteiger partial charge in [0.05, 0.1) is 6.04 Å². The highest BCUT2D eigenvalue weighted by Crippen LogP contribution is 2.21. The normalized spacial score (nSPS) is 17.0. The van der Waals surface area contributed by atoms with E-state index in [1.807, 2.05) is 0 Å². The molecule has 1 unspecified atom stereocenters. The Bertz CT molecular complexity index is 353. The first-order chi connectivity index (χ1) is 8.28. The van der Waals surface area contributed by atoms with Crippen molar-refractivity contribution in [3.8, 4) is 0 Å². The van der Waals surface area contributed by atoms with Crippen LogP contribution in [0.5, 0.6) is 0 Å². The number of rotatable bonds is 4. The van der Waals surface area contributed by atoms with Gasteiger partial charge in [-0.3, -0.25) is 4.79 Å². The van der Waals surface area contributed by atoms with Crippen molar-refractivity contribution < 1.29 is 14.3 Å².